The molecule has 1 N–H and O–H groups in total. The van der Waals surface area contributed by atoms with Gasteiger partial charge in [-0.15, -0.1) is 0 Å². The molecule has 1 aliphatic heterocycles. The summed E-state index contributed by atoms with van der Waals surface area (Å²) >= 11 is 0. The zero-order valence-corrected chi connectivity index (χ0v) is 12.7. The number of nitrogens with zero attached hydrogens (tertiary/aromatic N) is 2. The standard InChI is InChI=1S/C17H22N2O2/c1-12-9-14(17(20)21)10-15-13(11-18(2)16(12)15)5-8-19-6-3-4-7-19/h9-11H,3-8H2,1-2H3,(H,20,21). The maximum Gasteiger partial charge on any atom is 0.335 e. The maximum atomic E-state index is 11.3. The number of likely N-dealkylation sites (tertiary alicyclic amines) is 1. The van der Waals surface area contributed by atoms with E-state index in [0.29, 0.717) is 5.56 Å². The zero-order valence-electron chi connectivity index (χ0n) is 12.7. The summed E-state index contributed by atoms with van der Waals surface area (Å²) < 4.78 is 2.12. The van der Waals surface area contributed by atoms with Gasteiger partial charge in [0.2, 0.25) is 0 Å². The number of aromatic carboxylic acids is 1. The minimum Gasteiger partial charge on any atom is -0.478 e. The maximum absolute atomic E-state index is 11.3. The molecule has 0 bridgehead atoms. The number of rotatable bonds is 4. The molecule has 2 aromatic rings. The third-order valence-electron chi connectivity index (χ3n) is 4.49. The predicted octanol–water partition coefficient (Wildman–Crippen LogP) is 2.82. The molecule has 1 aliphatic rings. The van der Waals surface area contributed by atoms with Crippen molar-refractivity contribution in [3.63, 3.8) is 0 Å². The van der Waals surface area contributed by atoms with E-state index >= 15 is 0 Å². The Balaban J connectivity index is 1.95. The summed E-state index contributed by atoms with van der Waals surface area (Å²) in [6, 6.07) is 3.58. The molecule has 0 saturated carbocycles. The molecule has 0 spiro atoms. The highest BCUT2D eigenvalue weighted by molar-refractivity contribution is 5.96. The largest absolute Gasteiger partial charge is 0.478 e. The van der Waals surface area contributed by atoms with Crippen LogP contribution in [0.15, 0.2) is 18.3 Å². The quantitative estimate of drug-likeness (QED) is 0.940. The molecule has 0 radical (unpaired) electrons. The van der Waals surface area contributed by atoms with Gasteiger partial charge >= 0.3 is 5.97 Å². The van der Waals surface area contributed by atoms with Crippen molar-refractivity contribution >= 4 is 16.9 Å². The normalized spacial score (nSPS) is 15.9. The van der Waals surface area contributed by atoms with Crippen LogP contribution in [-0.2, 0) is 13.5 Å². The number of benzene rings is 1. The van der Waals surface area contributed by atoms with Gasteiger partial charge in [-0.3, -0.25) is 0 Å². The number of carboxylic acid groups (broad SMARTS) is 1. The van der Waals surface area contributed by atoms with Gasteiger partial charge in [0.15, 0.2) is 0 Å². The first kappa shape index (κ1) is 14.1. The van der Waals surface area contributed by atoms with Crippen molar-refractivity contribution in [1.82, 2.24) is 9.47 Å². The van der Waals surface area contributed by atoms with Crippen molar-refractivity contribution in [2.75, 3.05) is 19.6 Å². The summed E-state index contributed by atoms with van der Waals surface area (Å²) in [4.78, 5) is 13.8. The minimum absolute atomic E-state index is 0.383. The van der Waals surface area contributed by atoms with Gasteiger partial charge in [0.05, 0.1) is 11.1 Å². The van der Waals surface area contributed by atoms with Crippen LogP contribution in [0.1, 0.15) is 34.3 Å². The molecule has 0 unspecified atom stereocenters. The summed E-state index contributed by atoms with van der Waals surface area (Å²) in [5.41, 5.74) is 3.82. The fourth-order valence-corrected chi connectivity index (χ4v) is 3.47. The first-order valence-corrected chi connectivity index (χ1v) is 7.60. The molecule has 2 heterocycles. The summed E-state index contributed by atoms with van der Waals surface area (Å²) in [6.07, 6.45) is 5.74. The van der Waals surface area contributed by atoms with Crippen LogP contribution in [0.5, 0.6) is 0 Å². The lowest BCUT2D eigenvalue weighted by Crippen LogP contribution is -2.21. The number of hydrogen-bond donors (Lipinski definition) is 1. The number of aromatic nitrogens is 1. The fourth-order valence-electron chi connectivity index (χ4n) is 3.47. The van der Waals surface area contributed by atoms with E-state index < -0.39 is 5.97 Å². The minimum atomic E-state index is -0.852. The summed E-state index contributed by atoms with van der Waals surface area (Å²) in [7, 11) is 2.04. The van der Waals surface area contributed by atoms with Crippen molar-refractivity contribution in [2.45, 2.75) is 26.2 Å². The second-order valence-corrected chi connectivity index (χ2v) is 6.06. The van der Waals surface area contributed by atoms with E-state index in [1.165, 1.54) is 31.5 Å². The van der Waals surface area contributed by atoms with Gasteiger partial charge in [-0.05, 0) is 62.5 Å². The van der Waals surface area contributed by atoms with Crippen LogP contribution >= 0.6 is 0 Å². The molecule has 112 valence electrons. The Hall–Kier alpha value is -1.81. The molecule has 1 aromatic carbocycles. The van der Waals surface area contributed by atoms with Crippen LogP contribution in [0.3, 0.4) is 0 Å². The second kappa shape index (κ2) is 5.53. The SMILES string of the molecule is Cc1cc(C(=O)O)cc2c(CCN3CCCC3)cn(C)c12. The number of aryl methyl sites for hydroxylation is 2. The van der Waals surface area contributed by atoms with E-state index in [-0.39, 0.29) is 0 Å². The third kappa shape index (κ3) is 2.68. The molecule has 21 heavy (non-hydrogen) atoms. The van der Waals surface area contributed by atoms with E-state index in [2.05, 4.69) is 15.7 Å². The average Bonchev–Trinajstić information content (AvgIpc) is 3.04. The Morgan fingerprint density at radius 1 is 1.29 bits per heavy atom. The number of hydrogen-bond acceptors (Lipinski definition) is 2. The Morgan fingerprint density at radius 2 is 2.00 bits per heavy atom. The van der Waals surface area contributed by atoms with Crippen molar-refractivity contribution in [3.8, 4) is 0 Å². The summed E-state index contributed by atoms with van der Waals surface area (Å²) in [6.45, 7) is 5.45. The first-order chi connectivity index (χ1) is 10.1. The summed E-state index contributed by atoms with van der Waals surface area (Å²) in [5, 5.41) is 10.3. The Morgan fingerprint density at radius 3 is 2.67 bits per heavy atom. The molecule has 4 heteroatoms. The van der Waals surface area contributed by atoms with E-state index in [4.69, 9.17) is 0 Å². The zero-order chi connectivity index (χ0) is 15.0. The van der Waals surface area contributed by atoms with Crippen LogP contribution in [0.2, 0.25) is 0 Å². The molecule has 0 atom stereocenters. The van der Waals surface area contributed by atoms with E-state index in [1.807, 2.05) is 20.0 Å². The number of carboxylic acids is 1. The van der Waals surface area contributed by atoms with Crippen molar-refractivity contribution in [1.29, 1.82) is 0 Å². The Labute approximate surface area is 125 Å². The Kier molecular flexibility index (Phi) is 3.72. The molecular weight excluding hydrogens is 264 g/mol. The monoisotopic (exact) mass is 286 g/mol. The summed E-state index contributed by atoms with van der Waals surface area (Å²) in [5.74, 6) is -0.852. The van der Waals surface area contributed by atoms with Crippen LogP contribution in [0, 0.1) is 6.92 Å². The van der Waals surface area contributed by atoms with Crippen LogP contribution < -0.4 is 0 Å². The van der Waals surface area contributed by atoms with Gasteiger partial charge < -0.3 is 14.6 Å². The number of fused-ring (bicyclic) bond motifs is 1. The smallest absolute Gasteiger partial charge is 0.335 e. The predicted molar refractivity (Wildman–Crippen MR) is 84.0 cm³/mol. The van der Waals surface area contributed by atoms with E-state index in [9.17, 15) is 9.90 Å². The molecule has 3 rings (SSSR count). The molecule has 1 saturated heterocycles. The van der Waals surface area contributed by atoms with Gasteiger partial charge in [-0.2, -0.15) is 0 Å². The van der Waals surface area contributed by atoms with E-state index in [1.54, 1.807) is 6.07 Å². The number of carbonyl (C=O) groups is 1. The van der Waals surface area contributed by atoms with Crippen molar-refractivity contribution in [2.24, 2.45) is 7.05 Å². The van der Waals surface area contributed by atoms with Gasteiger partial charge in [0, 0.05) is 25.2 Å². The molecule has 1 fully saturated rings. The lowest BCUT2D eigenvalue weighted by Gasteiger charge is -2.13. The lowest BCUT2D eigenvalue weighted by atomic mass is 10.0. The molecule has 1 aromatic heterocycles. The molecule has 0 amide bonds. The highest BCUT2D eigenvalue weighted by atomic mass is 16.4. The molecule has 0 aliphatic carbocycles. The van der Waals surface area contributed by atoms with Gasteiger partial charge in [-0.25, -0.2) is 4.79 Å². The first-order valence-electron chi connectivity index (χ1n) is 7.60. The molecule has 4 nitrogen and oxygen atoms in total. The lowest BCUT2D eigenvalue weighted by molar-refractivity contribution is 0.0697. The topological polar surface area (TPSA) is 45.5 Å². The highest BCUT2D eigenvalue weighted by Gasteiger charge is 2.15. The van der Waals surface area contributed by atoms with Crippen LogP contribution in [-0.4, -0.2) is 40.2 Å². The van der Waals surface area contributed by atoms with Crippen molar-refractivity contribution in [3.05, 3.63) is 35.0 Å². The highest BCUT2D eigenvalue weighted by Crippen LogP contribution is 2.26. The van der Waals surface area contributed by atoms with Gasteiger partial charge in [0.1, 0.15) is 0 Å². The van der Waals surface area contributed by atoms with Crippen LogP contribution in [0.4, 0.5) is 0 Å². The van der Waals surface area contributed by atoms with E-state index in [0.717, 1.165) is 29.4 Å². The van der Waals surface area contributed by atoms with Crippen molar-refractivity contribution < 1.29 is 9.90 Å². The third-order valence-corrected chi connectivity index (χ3v) is 4.49. The van der Waals surface area contributed by atoms with Gasteiger partial charge in [-0.1, -0.05) is 0 Å². The Bertz CT molecular complexity index is 682. The molecular formula is C17H22N2O2. The van der Waals surface area contributed by atoms with Gasteiger partial charge in [0.25, 0.3) is 0 Å². The van der Waals surface area contributed by atoms with Crippen LogP contribution in [0.25, 0.3) is 10.9 Å². The average molecular weight is 286 g/mol. The second-order valence-electron chi connectivity index (χ2n) is 6.06. The fraction of sp³-hybridized carbons (Fsp3) is 0.471.